The maximum Gasteiger partial charge on any atom is 0.433 e. The molecular formula is C15H16N8O7. The highest BCUT2D eigenvalue weighted by molar-refractivity contribution is 5.84. The molecule has 0 saturated carbocycles. The maximum atomic E-state index is 10.7. The number of imidazole rings is 1. The lowest BCUT2D eigenvalue weighted by molar-refractivity contribution is -0.402. The summed E-state index contributed by atoms with van der Waals surface area (Å²) < 4.78 is 11.8. The summed E-state index contributed by atoms with van der Waals surface area (Å²) in [5, 5.41) is 44.4. The molecule has 4 heterocycles. The molecule has 0 aromatic carbocycles. The van der Waals surface area contributed by atoms with Crippen LogP contribution in [0.1, 0.15) is 12.0 Å². The van der Waals surface area contributed by atoms with Gasteiger partial charge in [-0.3, -0.25) is 14.7 Å². The molecule has 1 aliphatic heterocycles. The lowest BCUT2D eigenvalue weighted by Gasteiger charge is -2.18. The number of nitrogens with one attached hydrogen (secondary N) is 1. The third-order valence-electron chi connectivity index (χ3n) is 4.43. The van der Waals surface area contributed by atoms with Crippen LogP contribution in [-0.4, -0.2) is 70.9 Å². The standard InChI is InChI=1S/C15H16N8O7/c16-12-9-13(18-5-17-12)22(14-11(26)10(25)7(4-24)30-14)15(20-9)21-19-3-6-1-2-8(29-6)23(27)28/h1-3,5,7,10-11,14,24-26H,4H2,(H,20,21)(H2,16,17,18)/t7-,10-,11-,14-/m0/s1. The Kier molecular flexibility index (Phi) is 5.00. The van der Waals surface area contributed by atoms with Gasteiger partial charge in [-0.1, -0.05) is 0 Å². The lowest BCUT2D eigenvalue weighted by atomic mass is 10.1. The molecule has 4 rings (SSSR count). The number of hydrogen-bond acceptors (Lipinski definition) is 13. The third kappa shape index (κ3) is 3.30. The van der Waals surface area contributed by atoms with Gasteiger partial charge in [-0.2, -0.15) is 5.10 Å². The zero-order valence-corrected chi connectivity index (χ0v) is 15.1. The average molecular weight is 420 g/mol. The number of ether oxygens (including phenoxy) is 1. The third-order valence-corrected chi connectivity index (χ3v) is 4.43. The van der Waals surface area contributed by atoms with Gasteiger partial charge in [0.25, 0.3) is 0 Å². The Balaban J connectivity index is 1.69. The minimum Gasteiger partial charge on any atom is -0.400 e. The van der Waals surface area contributed by atoms with E-state index in [-0.39, 0.29) is 28.7 Å². The molecule has 0 amide bonds. The van der Waals surface area contributed by atoms with Crippen molar-refractivity contribution >= 4 is 35.0 Å². The minimum atomic E-state index is -1.41. The van der Waals surface area contributed by atoms with E-state index in [0.29, 0.717) is 0 Å². The van der Waals surface area contributed by atoms with Gasteiger partial charge in [-0.25, -0.2) is 20.4 Å². The van der Waals surface area contributed by atoms with Crippen LogP contribution in [0.25, 0.3) is 11.2 Å². The molecule has 1 saturated heterocycles. The monoisotopic (exact) mass is 420 g/mol. The van der Waals surface area contributed by atoms with Gasteiger partial charge in [0.1, 0.15) is 29.6 Å². The van der Waals surface area contributed by atoms with Crippen LogP contribution in [0.4, 0.5) is 17.7 Å². The number of fused-ring (bicyclic) bond motifs is 1. The van der Waals surface area contributed by atoms with Crippen LogP contribution in [0.2, 0.25) is 0 Å². The molecule has 0 unspecified atom stereocenters. The van der Waals surface area contributed by atoms with Gasteiger partial charge in [-0.15, -0.1) is 0 Å². The summed E-state index contributed by atoms with van der Waals surface area (Å²) in [7, 11) is 0. The van der Waals surface area contributed by atoms with Crippen molar-refractivity contribution in [3.05, 3.63) is 34.3 Å². The van der Waals surface area contributed by atoms with E-state index >= 15 is 0 Å². The average Bonchev–Trinajstić information content (AvgIpc) is 3.40. The Bertz CT molecular complexity index is 1110. The second-order valence-electron chi connectivity index (χ2n) is 6.27. The zero-order valence-electron chi connectivity index (χ0n) is 15.1. The quantitative estimate of drug-likeness (QED) is 0.183. The number of hydrazone groups is 1. The molecule has 15 heteroatoms. The molecular weight excluding hydrogens is 404 g/mol. The van der Waals surface area contributed by atoms with E-state index in [1.807, 2.05) is 0 Å². The van der Waals surface area contributed by atoms with E-state index in [0.717, 1.165) is 0 Å². The summed E-state index contributed by atoms with van der Waals surface area (Å²) in [6.07, 6.45) is -2.60. The minimum absolute atomic E-state index is 0.0179. The topological polar surface area (TPSA) is 220 Å². The first-order chi connectivity index (χ1) is 14.4. The molecule has 3 aromatic heterocycles. The van der Waals surface area contributed by atoms with Gasteiger partial charge in [-0.05, 0) is 6.07 Å². The smallest absolute Gasteiger partial charge is 0.400 e. The first kappa shape index (κ1) is 19.6. The van der Waals surface area contributed by atoms with E-state index in [2.05, 4.69) is 25.5 Å². The number of nitro groups is 1. The molecule has 1 aliphatic rings. The number of aliphatic hydroxyl groups excluding tert-OH is 3. The van der Waals surface area contributed by atoms with Gasteiger partial charge < -0.3 is 30.2 Å². The second kappa shape index (κ2) is 7.64. The number of rotatable bonds is 6. The van der Waals surface area contributed by atoms with Crippen molar-refractivity contribution in [2.24, 2.45) is 5.10 Å². The number of aromatic nitrogens is 4. The van der Waals surface area contributed by atoms with Crippen molar-refractivity contribution in [2.45, 2.75) is 24.5 Å². The molecule has 4 atom stereocenters. The van der Waals surface area contributed by atoms with Gasteiger partial charge in [0, 0.05) is 0 Å². The van der Waals surface area contributed by atoms with Gasteiger partial charge in [0.05, 0.1) is 18.9 Å². The number of hydrogen-bond donors (Lipinski definition) is 5. The SMILES string of the molecule is Nc1ncnc2c1nc(NN=Cc1ccc([N+](=O)[O-])o1)n2[C@H]1O[C@@H](CO)[C@H](O)[C@@H]1O. The van der Waals surface area contributed by atoms with Crippen molar-refractivity contribution in [1.82, 2.24) is 19.5 Å². The molecule has 15 nitrogen and oxygen atoms in total. The maximum absolute atomic E-state index is 10.7. The van der Waals surface area contributed by atoms with Gasteiger partial charge >= 0.3 is 5.88 Å². The summed E-state index contributed by atoms with van der Waals surface area (Å²) in [4.78, 5) is 22.2. The first-order valence-corrected chi connectivity index (χ1v) is 8.55. The van der Waals surface area contributed by atoms with Crippen molar-refractivity contribution in [2.75, 3.05) is 17.8 Å². The van der Waals surface area contributed by atoms with E-state index in [1.165, 1.54) is 29.2 Å². The Hall–Kier alpha value is -3.66. The summed E-state index contributed by atoms with van der Waals surface area (Å²) in [5.74, 6) is -0.272. The predicted molar refractivity (Wildman–Crippen MR) is 99.3 cm³/mol. The van der Waals surface area contributed by atoms with Crippen molar-refractivity contribution in [3.8, 4) is 0 Å². The Morgan fingerprint density at radius 1 is 1.37 bits per heavy atom. The highest BCUT2D eigenvalue weighted by atomic mass is 16.6. The number of aliphatic hydroxyl groups is 3. The summed E-state index contributed by atoms with van der Waals surface area (Å²) >= 11 is 0. The fraction of sp³-hybridized carbons (Fsp3) is 0.333. The highest BCUT2D eigenvalue weighted by Crippen LogP contribution is 2.35. The molecule has 0 bridgehead atoms. The zero-order chi connectivity index (χ0) is 21.4. The van der Waals surface area contributed by atoms with Gasteiger partial charge in [0.15, 0.2) is 29.0 Å². The predicted octanol–water partition coefficient (Wildman–Crippen LogP) is -1.03. The molecule has 0 radical (unpaired) electrons. The molecule has 158 valence electrons. The number of nitrogens with two attached hydrogens (primary N) is 1. The Labute approximate surface area is 166 Å². The number of anilines is 2. The van der Waals surface area contributed by atoms with Gasteiger partial charge in [0.2, 0.25) is 5.95 Å². The van der Waals surface area contributed by atoms with E-state index < -0.39 is 42.0 Å². The molecule has 6 N–H and O–H groups in total. The Morgan fingerprint density at radius 2 is 2.17 bits per heavy atom. The second-order valence-corrected chi connectivity index (χ2v) is 6.27. The molecule has 0 aliphatic carbocycles. The van der Waals surface area contributed by atoms with Crippen LogP contribution in [0.5, 0.6) is 0 Å². The Morgan fingerprint density at radius 3 is 2.83 bits per heavy atom. The largest absolute Gasteiger partial charge is 0.433 e. The lowest BCUT2D eigenvalue weighted by Crippen LogP contribution is -2.33. The van der Waals surface area contributed by atoms with Crippen molar-refractivity contribution < 1.29 is 29.4 Å². The van der Waals surface area contributed by atoms with E-state index in [9.17, 15) is 25.4 Å². The number of nitrogen functional groups attached to an aromatic ring is 1. The summed E-state index contributed by atoms with van der Waals surface area (Å²) in [6.45, 7) is -0.517. The van der Waals surface area contributed by atoms with Crippen LogP contribution >= 0.6 is 0 Å². The molecule has 30 heavy (non-hydrogen) atoms. The number of furan rings is 1. The fourth-order valence-corrected chi connectivity index (χ4v) is 3.00. The molecule has 1 fully saturated rings. The van der Waals surface area contributed by atoms with Crippen LogP contribution in [0.3, 0.4) is 0 Å². The molecule has 3 aromatic rings. The van der Waals surface area contributed by atoms with Crippen molar-refractivity contribution in [3.63, 3.8) is 0 Å². The summed E-state index contributed by atoms with van der Waals surface area (Å²) in [5.41, 5.74) is 8.80. The highest BCUT2D eigenvalue weighted by Gasteiger charge is 2.45. The summed E-state index contributed by atoms with van der Waals surface area (Å²) in [6, 6.07) is 2.52. The van der Waals surface area contributed by atoms with Crippen LogP contribution in [0, 0.1) is 10.1 Å². The first-order valence-electron chi connectivity index (χ1n) is 8.55. The van der Waals surface area contributed by atoms with Crippen molar-refractivity contribution in [1.29, 1.82) is 0 Å². The van der Waals surface area contributed by atoms with Crippen LogP contribution in [-0.2, 0) is 4.74 Å². The van der Waals surface area contributed by atoms with Crippen LogP contribution < -0.4 is 11.2 Å². The number of nitrogens with zero attached hydrogens (tertiary/aromatic N) is 6. The fourth-order valence-electron chi connectivity index (χ4n) is 3.00. The normalized spacial score (nSPS) is 24.1. The molecule has 0 spiro atoms. The van der Waals surface area contributed by atoms with E-state index in [1.54, 1.807) is 0 Å². The van der Waals surface area contributed by atoms with E-state index in [4.69, 9.17) is 14.9 Å². The van der Waals surface area contributed by atoms with Crippen LogP contribution in [0.15, 0.2) is 28.0 Å².